The van der Waals surface area contributed by atoms with Gasteiger partial charge in [0.25, 0.3) is 0 Å². The van der Waals surface area contributed by atoms with Crippen molar-refractivity contribution < 1.29 is 4.79 Å². The molecular formula is C21H31N5O. The number of piperidine rings is 1. The SMILES string of the molecule is CCc1nc2cc(N3CCC[C@H](C(=O)N[C@H](C)CC)C3)cnc2nc1CC. The molecule has 0 radical (unpaired) electrons. The molecule has 0 aliphatic carbocycles. The Kier molecular flexibility index (Phi) is 6.24. The van der Waals surface area contributed by atoms with Crippen LogP contribution in [0.25, 0.3) is 11.2 Å². The van der Waals surface area contributed by atoms with Crippen LogP contribution in [0.3, 0.4) is 0 Å². The predicted octanol–water partition coefficient (Wildman–Crippen LogP) is 3.28. The largest absolute Gasteiger partial charge is 0.369 e. The van der Waals surface area contributed by atoms with Crippen molar-refractivity contribution in [2.24, 2.45) is 5.92 Å². The van der Waals surface area contributed by atoms with Crippen LogP contribution in [-0.2, 0) is 17.6 Å². The van der Waals surface area contributed by atoms with E-state index in [4.69, 9.17) is 4.98 Å². The molecule has 3 rings (SSSR count). The standard InChI is InChI=1S/C21H31N5O/c1-5-14(4)23-21(27)15-9-8-10-26(13-15)16-11-19-20(22-12-16)25-18(7-3)17(6-2)24-19/h11-12,14-15H,5-10,13H2,1-4H3,(H,23,27)/t14-,15+/m1/s1. The summed E-state index contributed by atoms with van der Waals surface area (Å²) in [6.07, 6.45) is 6.52. The number of nitrogens with one attached hydrogen (secondary N) is 1. The van der Waals surface area contributed by atoms with Gasteiger partial charge in [-0.25, -0.2) is 15.0 Å². The minimum absolute atomic E-state index is 0.0307. The van der Waals surface area contributed by atoms with E-state index in [9.17, 15) is 4.79 Å². The number of rotatable bonds is 6. The summed E-state index contributed by atoms with van der Waals surface area (Å²) in [5.74, 6) is 0.201. The van der Waals surface area contributed by atoms with Gasteiger partial charge < -0.3 is 10.2 Å². The molecule has 1 aliphatic rings. The van der Waals surface area contributed by atoms with E-state index in [1.807, 2.05) is 6.20 Å². The molecule has 2 aromatic heterocycles. The van der Waals surface area contributed by atoms with Crippen LogP contribution in [-0.4, -0.2) is 40.0 Å². The Balaban J connectivity index is 1.80. The summed E-state index contributed by atoms with van der Waals surface area (Å²) in [4.78, 5) is 28.8. The van der Waals surface area contributed by atoms with Gasteiger partial charge in [-0.05, 0) is 45.1 Å². The molecule has 6 nitrogen and oxygen atoms in total. The second-order valence-corrected chi connectivity index (χ2v) is 7.46. The predicted molar refractivity (Wildman–Crippen MR) is 109 cm³/mol. The van der Waals surface area contributed by atoms with E-state index in [-0.39, 0.29) is 17.9 Å². The van der Waals surface area contributed by atoms with Crippen LogP contribution >= 0.6 is 0 Å². The lowest BCUT2D eigenvalue weighted by Gasteiger charge is -2.34. The molecule has 0 bridgehead atoms. The number of amides is 1. The zero-order valence-electron chi connectivity index (χ0n) is 17.0. The van der Waals surface area contributed by atoms with Gasteiger partial charge in [-0.2, -0.15) is 0 Å². The molecule has 2 atom stereocenters. The number of aromatic nitrogens is 3. The molecule has 2 aromatic rings. The average molecular weight is 370 g/mol. The molecule has 1 aliphatic heterocycles. The van der Waals surface area contributed by atoms with Crippen LogP contribution in [0.1, 0.15) is 58.3 Å². The lowest BCUT2D eigenvalue weighted by Crippen LogP contribution is -2.45. The van der Waals surface area contributed by atoms with Gasteiger partial charge in [0.15, 0.2) is 5.65 Å². The molecule has 146 valence electrons. The van der Waals surface area contributed by atoms with Crippen molar-refractivity contribution >= 4 is 22.8 Å². The molecule has 0 aromatic carbocycles. The molecule has 0 unspecified atom stereocenters. The number of fused-ring (bicyclic) bond motifs is 1. The fraction of sp³-hybridized carbons (Fsp3) is 0.619. The number of aryl methyl sites for hydroxylation is 2. The Morgan fingerprint density at radius 2 is 2.00 bits per heavy atom. The summed E-state index contributed by atoms with van der Waals surface area (Å²) in [6.45, 7) is 10.0. The van der Waals surface area contributed by atoms with Gasteiger partial charge in [0.05, 0.1) is 29.2 Å². The zero-order chi connectivity index (χ0) is 19.4. The highest BCUT2D eigenvalue weighted by Crippen LogP contribution is 2.25. The molecule has 27 heavy (non-hydrogen) atoms. The second kappa shape index (κ2) is 8.63. The van der Waals surface area contributed by atoms with Gasteiger partial charge in [0.2, 0.25) is 5.91 Å². The smallest absolute Gasteiger partial charge is 0.225 e. The van der Waals surface area contributed by atoms with Crippen molar-refractivity contribution in [2.45, 2.75) is 65.8 Å². The van der Waals surface area contributed by atoms with E-state index in [2.05, 4.69) is 53.9 Å². The minimum atomic E-state index is 0.0307. The van der Waals surface area contributed by atoms with Crippen LogP contribution in [0.4, 0.5) is 5.69 Å². The normalized spacial score (nSPS) is 18.5. The Labute approximate surface area is 161 Å². The number of carbonyl (C=O) groups excluding carboxylic acids is 1. The number of hydrogen-bond donors (Lipinski definition) is 1. The third-order valence-electron chi connectivity index (χ3n) is 5.49. The summed E-state index contributed by atoms with van der Waals surface area (Å²) < 4.78 is 0. The first-order valence-corrected chi connectivity index (χ1v) is 10.3. The van der Waals surface area contributed by atoms with Gasteiger partial charge in [0, 0.05) is 19.1 Å². The number of hydrogen-bond acceptors (Lipinski definition) is 5. The van der Waals surface area contributed by atoms with E-state index in [0.29, 0.717) is 5.65 Å². The van der Waals surface area contributed by atoms with Gasteiger partial charge in [-0.3, -0.25) is 4.79 Å². The van der Waals surface area contributed by atoms with Crippen molar-refractivity contribution in [1.82, 2.24) is 20.3 Å². The quantitative estimate of drug-likeness (QED) is 0.846. The molecule has 3 heterocycles. The van der Waals surface area contributed by atoms with E-state index in [1.54, 1.807) is 0 Å². The molecule has 0 saturated carbocycles. The molecule has 0 spiro atoms. The second-order valence-electron chi connectivity index (χ2n) is 7.46. The van der Waals surface area contributed by atoms with E-state index in [1.165, 1.54) is 0 Å². The third-order valence-corrected chi connectivity index (χ3v) is 5.49. The van der Waals surface area contributed by atoms with E-state index < -0.39 is 0 Å². The van der Waals surface area contributed by atoms with Gasteiger partial charge >= 0.3 is 0 Å². The molecular weight excluding hydrogens is 338 g/mol. The molecule has 6 heteroatoms. The van der Waals surface area contributed by atoms with Gasteiger partial charge in [-0.1, -0.05) is 20.8 Å². The summed E-state index contributed by atoms with van der Waals surface area (Å²) in [6, 6.07) is 2.30. The fourth-order valence-corrected chi connectivity index (χ4v) is 3.63. The number of carbonyl (C=O) groups is 1. The average Bonchev–Trinajstić information content (AvgIpc) is 2.72. The number of pyridine rings is 1. The maximum absolute atomic E-state index is 12.5. The van der Waals surface area contributed by atoms with Crippen molar-refractivity contribution in [2.75, 3.05) is 18.0 Å². The summed E-state index contributed by atoms with van der Waals surface area (Å²) in [7, 11) is 0. The van der Waals surface area contributed by atoms with E-state index >= 15 is 0 Å². The van der Waals surface area contributed by atoms with Crippen LogP contribution < -0.4 is 10.2 Å². The first kappa shape index (κ1) is 19.5. The molecule has 1 fully saturated rings. The van der Waals surface area contributed by atoms with Crippen molar-refractivity contribution in [3.8, 4) is 0 Å². The topological polar surface area (TPSA) is 71.0 Å². The fourth-order valence-electron chi connectivity index (χ4n) is 3.63. The van der Waals surface area contributed by atoms with Crippen molar-refractivity contribution in [3.05, 3.63) is 23.7 Å². The number of nitrogens with zero attached hydrogens (tertiary/aromatic N) is 4. The maximum Gasteiger partial charge on any atom is 0.225 e. The number of anilines is 1. The highest BCUT2D eigenvalue weighted by molar-refractivity contribution is 5.80. The summed E-state index contributed by atoms with van der Waals surface area (Å²) >= 11 is 0. The van der Waals surface area contributed by atoms with Crippen molar-refractivity contribution in [3.63, 3.8) is 0 Å². The zero-order valence-corrected chi connectivity index (χ0v) is 17.0. The molecule has 1 amide bonds. The highest BCUT2D eigenvalue weighted by Gasteiger charge is 2.27. The minimum Gasteiger partial charge on any atom is -0.369 e. The van der Waals surface area contributed by atoms with E-state index in [0.717, 1.165) is 67.8 Å². The van der Waals surface area contributed by atoms with Crippen LogP contribution in [0.2, 0.25) is 0 Å². The Morgan fingerprint density at radius 1 is 1.26 bits per heavy atom. The Morgan fingerprint density at radius 3 is 2.70 bits per heavy atom. The molecule has 1 N–H and O–H groups in total. The van der Waals surface area contributed by atoms with Gasteiger partial charge in [0.1, 0.15) is 5.52 Å². The molecule has 1 saturated heterocycles. The summed E-state index contributed by atoms with van der Waals surface area (Å²) in [5.41, 5.74) is 4.66. The van der Waals surface area contributed by atoms with Crippen LogP contribution in [0, 0.1) is 5.92 Å². The summed E-state index contributed by atoms with van der Waals surface area (Å²) in [5, 5.41) is 3.13. The lowest BCUT2D eigenvalue weighted by molar-refractivity contribution is -0.125. The Bertz CT molecular complexity index is 807. The van der Waals surface area contributed by atoms with Crippen molar-refractivity contribution in [1.29, 1.82) is 0 Å². The van der Waals surface area contributed by atoms with Crippen LogP contribution in [0.5, 0.6) is 0 Å². The first-order valence-electron chi connectivity index (χ1n) is 10.3. The Hall–Kier alpha value is -2.24. The maximum atomic E-state index is 12.5. The first-order chi connectivity index (χ1) is 13.0. The monoisotopic (exact) mass is 369 g/mol. The third kappa shape index (κ3) is 4.37. The van der Waals surface area contributed by atoms with Gasteiger partial charge in [-0.15, -0.1) is 0 Å². The van der Waals surface area contributed by atoms with Crippen LogP contribution in [0.15, 0.2) is 12.3 Å². The highest BCUT2D eigenvalue weighted by atomic mass is 16.2. The lowest BCUT2D eigenvalue weighted by atomic mass is 9.96.